The van der Waals surface area contributed by atoms with Gasteiger partial charge in [-0.05, 0) is 33.6 Å². The molecule has 0 bridgehead atoms. The number of nitrogens with two attached hydrogens (primary N) is 1. The van der Waals surface area contributed by atoms with E-state index in [1.54, 1.807) is 6.20 Å². The minimum Gasteiger partial charge on any atom is -0.486 e. The van der Waals surface area contributed by atoms with Gasteiger partial charge < -0.3 is 14.9 Å². The molecule has 1 aromatic carbocycles. The summed E-state index contributed by atoms with van der Waals surface area (Å²) >= 11 is 15.3. The van der Waals surface area contributed by atoms with E-state index in [-0.39, 0.29) is 17.4 Å². The number of benzene rings is 1. The van der Waals surface area contributed by atoms with Crippen LogP contribution in [0.15, 0.2) is 33.5 Å². The molecule has 3 aromatic rings. The molecule has 0 aliphatic rings. The van der Waals surface area contributed by atoms with E-state index in [9.17, 15) is 4.39 Å². The van der Waals surface area contributed by atoms with Gasteiger partial charge in [-0.25, -0.2) is 9.37 Å². The van der Waals surface area contributed by atoms with Crippen LogP contribution in [-0.4, -0.2) is 11.6 Å². The summed E-state index contributed by atoms with van der Waals surface area (Å²) in [6.45, 7) is 0.187. The van der Waals surface area contributed by atoms with Crippen molar-refractivity contribution < 1.29 is 13.5 Å². The maximum Gasteiger partial charge on any atom is 0.205 e. The van der Waals surface area contributed by atoms with Gasteiger partial charge in [-0.2, -0.15) is 0 Å². The second kappa shape index (κ2) is 6.55. The lowest BCUT2D eigenvalue weighted by molar-refractivity contribution is 0.321. The van der Waals surface area contributed by atoms with Crippen LogP contribution in [0, 0.1) is 5.82 Å². The molecule has 0 unspecified atom stereocenters. The van der Waals surface area contributed by atoms with Gasteiger partial charge in [0.25, 0.3) is 0 Å². The lowest BCUT2D eigenvalue weighted by atomic mass is 10.1. The van der Waals surface area contributed by atoms with E-state index in [1.807, 2.05) is 0 Å². The van der Waals surface area contributed by atoms with Gasteiger partial charge in [-0.1, -0.05) is 23.2 Å². The summed E-state index contributed by atoms with van der Waals surface area (Å²) in [7, 11) is 0. The topological polar surface area (TPSA) is 61.3 Å². The number of fused-ring (bicyclic) bond motifs is 1. The number of anilines is 1. The first-order chi connectivity index (χ1) is 11.0. The number of hydrogen-bond donors (Lipinski definition) is 1. The minimum atomic E-state index is -0.524. The van der Waals surface area contributed by atoms with Gasteiger partial charge in [-0.15, -0.1) is 0 Å². The van der Waals surface area contributed by atoms with Crippen LogP contribution < -0.4 is 10.5 Å². The Balaban J connectivity index is 1.82. The molecular formula is C15H10BrCl2FN2O2. The highest BCUT2D eigenvalue weighted by Crippen LogP contribution is 2.35. The predicted molar refractivity (Wildman–Crippen MR) is 91.7 cm³/mol. The van der Waals surface area contributed by atoms with Gasteiger partial charge >= 0.3 is 0 Å². The fraction of sp³-hybridized carbons (Fsp3) is 0.133. The zero-order valence-electron chi connectivity index (χ0n) is 11.6. The molecule has 4 nitrogen and oxygen atoms in total. The summed E-state index contributed by atoms with van der Waals surface area (Å²) in [5.41, 5.74) is 6.80. The molecule has 0 fully saturated rings. The number of rotatable bonds is 4. The van der Waals surface area contributed by atoms with Crippen molar-refractivity contribution in [2.45, 2.75) is 6.42 Å². The monoisotopic (exact) mass is 418 g/mol. The van der Waals surface area contributed by atoms with Gasteiger partial charge in [0, 0.05) is 17.6 Å². The number of furan rings is 1. The van der Waals surface area contributed by atoms with Crippen LogP contribution in [0.25, 0.3) is 11.0 Å². The zero-order valence-corrected chi connectivity index (χ0v) is 14.7. The number of pyridine rings is 1. The Labute approximate surface area is 149 Å². The van der Waals surface area contributed by atoms with Crippen LogP contribution in [0.3, 0.4) is 0 Å². The molecule has 0 spiro atoms. The second-order valence-electron chi connectivity index (χ2n) is 4.72. The van der Waals surface area contributed by atoms with E-state index in [4.69, 9.17) is 38.1 Å². The minimum absolute atomic E-state index is 0.00820. The number of hydrogen-bond acceptors (Lipinski definition) is 4. The van der Waals surface area contributed by atoms with Crippen molar-refractivity contribution in [3.8, 4) is 5.75 Å². The van der Waals surface area contributed by atoms with Gasteiger partial charge in [0.1, 0.15) is 12.1 Å². The molecule has 120 valence electrons. The summed E-state index contributed by atoms with van der Waals surface area (Å²) in [4.78, 5) is 4.07. The highest BCUT2D eigenvalue weighted by Gasteiger charge is 2.16. The molecule has 0 aliphatic carbocycles. The molecular weight excluding hydrogens is 410 g/mol. The summed E-state index contributed by atoms with van der Waals surface area (Å²) in [5.74, 6) is 0.0111. The first-order valence-corrected chi connectivity index (χ1v) is 8.10. The molecule has 0 aliphatic heterocycles. The third-order valence-electron chi connectivity index (χ3n) is 3.29. The van der Waals surface area contributed by atoms with Crippen molar-refractivity contribution in [3.63, 3.8) is 0 Å². The fourth-order valence-corrected chi connectivity index (χ4v) is 3.08. The van der Waals surface area contributed by atoms with Crippen molar-refractivity contribution >= 4 is 55.9 Å². The van der Waals surface area contributed by atoms with Crippen LogP contribution in [0.2, 0.25) is 10.0 Å². The quantitative estimate of drug-likeness (QED) is 0.587. The molecule has 23 heavy (non-hydrogen) atoms. The Hall–Kier alpha value is -1.50. The number of nitrogens with zero attached hydrogens (tertiary/aromatic N) is 1. The summed E-state index contributed by atoms with van der Waals surface area (Å²) in [5, 5.41) is 1.12. The van der Waals surface area contributed by atoms with Crippen LogP contribution in [0.4, 0.5) is 10.2 Å². The molecule has 2 N–H and O–H groups in total. The number of ether oxygens (including phenoxy) is 1. The summed E-state index contributed by atoms with van der Waals surface area (Å²) in [6, 6.07) is 2.68. The van der Waals surface area contributed by atoms with E-state index in [0.29, 0.717) is 28.3 Å². The van der Waals surface area contributed by atoms with Crippen molar-refractivity contribution in [2.24, 2.45) is 0 Å². The fourth-order valence-electron chi connectivity index (χ4n) is 2.14. The van der Waals surface area contributed by atoms with Crippen LogP contribution >= 0.6 is 39.1 Å². The van der Waals surface area contributed by atoms with Crippen LogP contribution in [-0.2, 0) is 6.42 Å². The molecule has 8 heteroatoms. The molecule has 2 aromatic heterocycles. The molecule has 2 heterocycles. The Morgan fingerprint density at radius 2 is 2.13 bits per heavy atom. The maximum atomic E-state index is 13.5. The molecule has 0 amide bonds. The normalized spacial score (nSPS) is 11.1. The van der Waals surface area contributed by atoms with E-state index >= 15 is 0 Å². The molecule has 0 saturated heterocycles. The molecule has 0 radical (unpaired) electrons. The maximum absolute atomic E-state index is 13.5. The molecule has 0 atom stereocenters. The third-order valence-corrected chi connectivity index (χ3v) is 4.67. The molecule has 3 rings (SSSR count). The van der Waals surface area contributed by atoms with E-state index < -0.39 is 5.82 Å². The van der Waals surface area contributed by atoms with E-state index in [0.717, 1.165) is 9.86 Å². The smallest absolute Gasteiger partial charge is 0.205 e. The third kappa shape index (κ3) is 3.11. The summed E-state index contributed by atoms with van der Waals surface area (Å²) in [6.07, 6.45) is 3.43. The van der Waals surface area contributed by atoms with Crippen molar-refractivity contribution in [1.29, 1.82) is 0 Å². The Morgan fingerprint density at radius 3 is 2.91 bits per heavy atom. The van der Waals surface area contributed by atoms with Gasteiger partial charge in [0.2, 0.25) is 5.75 Å². The van der Waals surface area contributed by atoms with Crippen molar-refractivity contribution in [3.05, 3.63) is 50.5 Å². The second-order valence-corrected chi connectivity index (χ2v) is 6.36. The van der Waals surface area contributed by atoms with Crippen LogP contribution in [0.5, 0.6) is 5.75 Å². The Morgan fingerprint density at radius 1 is 1.35 bits per heavy atom. The van der Waals surface area contributed by atoms with Crippen LogP contribution in [0.1, 0.15) is 5.56 Å². The first-order valence-electron chi connectivity index (χ1n) is 6.55. The van der Waals surface area contributed by atoms with Crippen molar-refractivity contribution in [1.82, 2.24) is 4.98 Å². The largest absolute Gasteiger partial charge is 0.486 e. The lowest BCUT2D eigenvalue weighted by Gasteiger charge is -2.11. The molecule has 0 saturated carbocycles. The van der Waals surface area contributed by atoms with Gasteiger partial charge in [-0.3, -0.25) is 0 Å². The predicted octanol–water partition coefficient (Wildman–Crippen LogP) is 5.24. The van der Waals surface area contributed by atoms with Gasteiger partial charge in [0.05, 0.1) is 21.5 Å². The average Bonchev–Trinajstić information content (AvgIpc) is 2.90. The lowest BCUT2D eigenvalue weighted by Crippen LogP contribution is -2.06. The van der Waals surface area contributed by atoms with Crippen molar-refractivity contribution in [2.75, 3.05) is 12.3 Å². The number of aromatic nitrogens is 1. The standard InChI is InChI=1S/C15H10BrCl2FN2O2/c16-9-6-23-13-8(9)5-21-15(20)14(13)22-4-3-7-10(17)1-2-11(19)12(7)18/h1-2,5-6H,3-4H2,(H2,20,21). The number of nitrogen functional groups attached to an aromatic ring is 1. The highest BCUT2D eigenvalue weighted by molar-refractivity contribution is 9.10. The Kier molecular flexibility index (Phi) is 4.66. The summed E-state index contributed by atoms with van der Waals surface area (Å²) < 4.78 is 25.4. The average molecular weight is 420 g/mol. The SMILES string of the molecule is Nc1ncc2c(Br)coc2c1OCCc1c(Cl)ccc(F)c1Cl. The zero-order chi connectivity index (χ0) is 16.6. The Bertz CT molecular complexity index is 886. The van der Waals surface area contributed by atoms with Gasteiger partial charge in [0.15, 0.2) is 11.4 Å². The van der Waals surface area contributed by atoms with E-state index in [2.05, 4.69) is 20.9 Å². The van der Waals surface area contributed by atoms with E-state index in [1.165, 1.54) is 18.4 Å². The first kappa shape index (κ1) is 16.4. The highest BCUT2D eigenvalue weighted by atomic mass is 79.9. The number of halogens is 4.